The van der Waals surface area contributed by atoms with E-state index in [4.69, 9.17) is 5.26 Å². The van der Waals surface area contributed by atoms with Gasteiger partial charge in [-0.05, 0) is 42.9 Å². The molecule has 0 aromatic heterocycles. The summed E-state index contributed by atoms with van der Waals surface area (Å²) in [6.07, 6.45) is 1.78. The Morgan fingerprint density at radius 3 is 2.48 bits per heavy atom. The molecule has 0 saturated heterocycles. The van der Waals surface area contributed by atoms with Crippen LogP contribution in [0.2, 0.25) is 0 Å². The highest BCUT2D eigenvalue weighted by molar-refractivity contribution is 8.04. The second-order valence-corrected chi connectivity index (χ2v) is 9.51. The SMILES string of the molecule is CC(CS(=O)(=O)NS(=O)(=O)c1cc(C#N)ccc1OC(F)F)C1CC1. The minimum absolute atomic E-state index is 0.147. The van der Waals surface area contributed by atoms with E-state index in [1.54, 1.807) is 13.0 Å². The predicted molar refractivity (Wildman–Crippen MR) is 83.8 cm³/mol. The number of nitrogens with zero attached hydrogens (tertiary/aromatic N) is 1. The number of sulfonamides is 2. The highest BCUT2D eigenvalue weighted by atomic mass is 32.3. The fraction of sp³-hybridized carbons (Fsp3) is 0.500. The molecule has 1 aliphatic rings. The van der Waals surface area contributed by atoms with Gasteiger partial charge in [0.1, 0.15) is 10.6 Å². The third-order valence-corrected chi connectivity index (χ3v) is 7.48. The first-order valence-corrected chi connectivity index (χ1v) is 10.4. The maximum atomic E-state index is 12.5. The second-order valence-electron chi connectivity index (χ2n) is 5.83. The molecular formula is C14H16F2N2O5S2. The molecule has 1 atom stereocenters. The zero-order valence-electron chi connectivity index (χ0n) is 13.1. The van der Waals surface area contributed by atoms with Crippen molar-refractivity contribution in [3.63, 3.8) is 0 Å². The van der Waals surface area contributed by atoms with Crippen LogP contribution in [0.4, 0.5) is 8.78 Å². The first kappa shape index (κ1) is 19.6. The van der Waals surface area contributed by atoms with Crippen molar-refractivity contribution >= 4 is 20.0 Å². The Kier molecular flexibility index (Phi) is 5.65. The van der Waals surface area contributed by atoms with Gasteiger partial charge >= 0.3 is 6.61 Å². The van der Waals surface area contributed by atoms with Gasteiger partial charge in [0.25, 0.3) is 10.0 Å². The third-order valence-electron chi connectivity index (χ3n) is 3.72. The van der Waals surface area contributed by atoms with Crippen molar-refractivity contribution in [2.75, 3.05) is 5.75 Å². The van der Waals surface area contributed by atoms with E-state index in [1.807, 2.05) is 0 Å². The van der Waals surface area contributed by atoms with E-state index in [9.17, 15) is 25.6 Å². The van der Waals surface area contributed by atoms with Crippen LogP contribution in [0.1, 0.15) is 25.3 Å². The minimum atomic E-state index is -4.73. The summed E-state index contributed by atoms with van der Waals surface area (Å²) < 4.78 is 79.5. The van der Waals surface area contributed by atoms with Crippen LogP contribution in [0.15, 0.2) is 23.1 Å². The maximum absolute atomic E-state index is 12.5. The van der Waals surface area contributed by atoms with E-state index >= 15 is 0 Å². The molecule has 0 bridgehead atoms. The van der Waals surface area contributed by atoms with E-state index in [1.165, 1.54) is 4.13 Å². The van der Waals surface area contributed by atoms with Gasteiger partial charge in [-0.2, -0.15) is 14.0 Å². The monoisotopic (exact) mass is 394 g/mol. The summed E-state index contributed by atoms with van der Waals surface area (Å²) in [5, 5.41) is 8.85. The molecule has 1 unspecified atom stereocenters. The summed E-state index contributed by atoms with van der Waals surface area (Å²) >= 11 is 0. The number of nitriles is 1. The van der Waals surface area contributed by atoms with E-state index < -0.39 is 43.1 Å². The first-order chi connectivity index (χ1) is 11.5. The molecule has 1 fully saturated rings. The molecule has 0 heterocycles. The van der Waals surface area contributed by atoms with Gasteiger partial charge in [-0.3, -0.25) is 0 Å². The Bertz CT molecular complexity index is 890. The Morgan fingerprint density at radius 1 is 1.32 bits per heavy atom. The van der Waals surface area contributed by atoms with Gasteiger partial charge in [-0.1, -0.05) is 6.92 Å². The molecule has 7 nitrogen and oxygen atoms in total. The minimum Gasteiger partial charge on any atom is -0.433 e. The van der Waals surface area contributed by atoms with Crippen LogP contribution in [0.5, 0.6) is 5.75 Å². The van der Waals surface area contributed by atoms with Gasteiger partial charge in [0.05, 0.1) is 17.4 Å². The number of ether oxygens (including phenoxy) is 1. The molecule has 25 heavy (non-hydrogen) atoms. The van der Waals surface area contributed by atoms with Crippen molar-refractivity contribution in [3.8, 4) is 11.8 Å². The van der Waals surface area contributed by atoms with Gasteiger partial charge in [0, 0.05) is 0 Å². The van der Waals surface area contributed by atoms with Crippen molar-refractivity contribution in [1.29, 1.82) is 5.26 Å². The summed E-state index contributed by atoms with van der Waals surface area (Å²) in [5.41, 5.74) is -0.147. The largest absolute Gasteiger partial charge is 0.433 e. The van der Waals surface area contributed by atoms with Crippen LogP contribution in [0.3, 0.4) is 0 Å². The van der Waals surface area contributed by atoms with Crippen molar-refractivity contribution in [2.45, 2.75) is 31.3 Å². The molecule has 2 rings (SSSR count). The summed E-state index contributed by atoms with van der Waals surface area (Å²) in [7, 11) is -8.95. The molecule has 0 spiro atoms. The van der Waals surface area contributed by atoms with E-state index in [2.05, 4.69) is 4.74 Å². The summed E-state index contributed by atoms with van der Waals surface area (Å²) in [4.78, 5) is -0.838. The second kappa shape index (κ2) is 7.23. The van der Waals surface area contributed by atoms with Gasteiger partial charge in [-0.25, -0.2) is 16.8 Å². The van der Waals surface area contributed by atoms with Gasteiger partial charge in [-0.15, -0.1) is 4.13 Å². The van der Waals surface area contributed by atoms with Crippen molar-refractivity contribution < 1.29 is 30.4 Å². The Balaban J connectivity index is 2.32. The molecule has 0 aliphatic heterocycles. The number of benzene rings is 1. The lowest BCUT2D eigenvalue weighted by atomic mass is 10.1. The van der Waals surface area contributed by atoms with Crippen molar-refractivity contribution in [2.24, 2.45) is 11.8 Å². The van der Waals surface area contributed by atoms with E-state index in [0.29, 0.717) is 0 Å². The van der Waals surface area contributed by atoms with Crippen LogP contribution < -0.4 is 8.86 Å². The lowest BCUT2D eigenvalue weighted by Gasteiger charge is -2.14. The topological polar surface area (TPSA) is 113 Å². The number of hydrogen-bond acceptors (Lipinski definition) is 6. The average Bonchev–Trinajstić information content (AvgIpc) is 3.29. The standard InChI is InChI=1S/C14H16F2N2O5S2/c1-9(11-3-4-11)8-24(19,20)18-25(21,22)13-6-10(7-17)2-5-12(13)23-14(15)16/h2,5-6,9,11,14,18H,3-4,8H2,1H3. The van der Waals surface area contributed by atoms with Crippen LogP contribution in [0, 0.1) is 23.2 Å². The van der Waals surface area contributed by atoms with Crippen LogP contribution in [-0.4, -0.2) is 29.2 Å². The summed E-state index contributed by atoms with van der Waals surface area (Å²) in [6, 6.07) is 4.39. The van der Waals surface area contributed by atoms with E-state index in [-0.39, 0.29) is 17.4 Å². The molecule has 1 N–H and O–H groups in total. The molecule has 138 valence electrons. The molecule has 1 aromatic carbocycles. The molecule has 0 radical (unpaired) electrons. The van der Waals surface area contributed by atoms with Gasteiger partial charge < -0.3 is 4.74 Å². The average molecular weight is 394 g/mol. The van der Waals surface area contributed by atoms with Crippen LogP contribution in [0.25, 0.3) is 0 Å². The summed E-state index contributed by atoms with van der Waals surface area (Å²) in [5.74, 6) is -1.14. The molecule has 1 saturated carbocycles. The fourth-order valence-corrected chi connectivity index (χ4v) is 5.97. The fourth-order valence-electron chi connectivity index (χ4n) is 2.37. The van der Waals surface area contributed by atoms with Crippen LogP contribution in [-0.2, 0) is 20.0 Å². The molecule has 0 amide bonds. The Hall–Kier alpha value is -1.77. The number of hydrogen-bond donors (Lipinski definition) is 1. The Labute approximate surface area is 144 Å². The number of halogens is 2. The third kappa shape index (κ3) is 5.35. The molecule has 11 heteroatoms. The Morgan fingerprint density at radius 2 is 1.96 bits per heavy atom. The lowest BCUT2D eigenvalue weighted by molar-refractivity contribution is -0.0517. The highest BCUT2D eigenvalue weighted by Crippen LogP contribution is 2.37. The van der Waals surface area contributed by atoms with Crippen molar-refractivity contribution in [3.05, 3.63) is 23.8 Å². The number of rotatable bonds is 8. The zero-order chi connectivity index (χ0) is 18.8. The quantitative estimate of drug-likeness (QED) is 0.719. The highest BCUT2D eigenvalue weighted by Gasteiger charge is 2.34. The normalized spacial score (nSPS) is 16.4. The first-order valence-electron chi connectivity index (χ1n) is 7.29. The number of alkyl halides is 2. The maximum Gasteiger partial charge on any atom is 0.387 e. The van der Waals surface area contributed by atoms with Gasteiger partial charge in [0.15, 0.2) is 0 Å². The van der Waals surface area contributed by atoms with Crippen molar-refractivity contribution in [1.82, 2.24) is 4.13 Å². The predicted octanol–water partition coefficient (Wildman–Crippen LogP) is 1.81. The smallest absolute Gasteiger partial charge is 0.387 e. The number of nitrogens with one attached hydrogen (secondary N) is 1. The molecular weight excluding hydrogens is 378 g/mol. The zero-order valence-corrected chi connectivity index (χ0v) is 14.8. The van der Waals surface area contributed by atoms with Gasteiger partial charge in [0.2, 0.25) is 10.0 Å². The lowest BCUT2D eigenvalue weighted by Crippen LogP contribution is -2.35. The molecule has 1 aliphatic carbocycles. The summed E-state index contributed by atoms with van der Waals surface area (Å²) in [6.45, 7) is -1.61. The molecule has 1 aromatic rings. The van der Waals surface area contributed by atoms with E-state index in [0.717, 1.165) is 31.0 Å². The van der Waals surface area contributed by atoms with Crippen LogP contribution >= 0.6 is 0 Å².